The van der Waals surface area contributed by atoms with Gasteiger partial charge in [0.1, 0.15) is 24.0 Å². The fraction of sp³-hybridized carbons (Fsp3) is 0.308. The highest BCUT2D eigenvalue weighted by Crippen LogP contribution is 2.31. The van der Waals surface area contributed by atoms with Crippen LogP contribution in [0.3, 0.4) is 0 Å². The van der Waals surface area contributed by atoms with Crippen LogP contribution in [0.15, 0.2) is 29.8 Å². The molecule has 0 radical (unpaired) electrons. The molecule has 1 heterocycles. The molecule has 7 nitrogen and oxygen atoms in total. The third-order valence-electron chi connectivity index (χ3n) is 2.68. The fourth-order valence-corrected chi connectivity index (χ4v) is 2.03. The molecule has 1 atom stereocenters. The number of amides is 2. The van der Waals surface area contributed by atoms with Gasteiger partial charge in [0.15, 0.2) is 0 Å². The van der Waals surface area contributed by atoms with Crippen molar-refractivity contribution in [2.24, 2.45) is 0 Å². The second-order valence-corrected chi connectivity index (χ2v) is 5.40. The first kappa shape index (κ1) is 17.9. The summed E-state index contributed by atoms with van der Waals surface area (Å²) in [5, 5.41) is 21.9. The maximum atomic E-state index is 12.6. The van der Waals surface area contributed by atoms with E-state index >= 15 is 0 Å². The molecule has 3 N–H and O–H groups in total. The van der Waals surface area contributed by atoms with Crippen LogP contribution in [-0.4, -0.2) is 40.6 Å². The number of alkyl halides is 3. The molecular formula is C13H13F3N4O3S. The predicted molar refractivity (Wildman–Crippen MR) is 79.9 cm³/mol. The Hall–Kier alpha value is -2.40. The number of carbonyl (C=O) groups excluding carboxylic acids is 1. The number of carbonyl (C=O) groups is 1. The number of aliphatic hydroxyl groups excluding tert-OH is 1. The fourth-order valence-electron chi connectivity index (χ4n) is 1.59. The molecular weight excluding hydrogens is 349 g/mol. The molecule has 0 bridgehead atoms. The van der Waals surface area contributed by atoms with E-state index in [-0.39, 0.29) is 18.9 Å². The summed E-state index contributed by atoms with van der Waals surface area (Å²) in [6.07, 6.45) is -5.57. The van der Waals surface area contributed by atoms with Gasteiger partial charge in [-0.25, -0.2) is 4.79 Å². The van der Waals surface area contributed by atoms with E-state index in [2.05, 4.69) is 20.8 Å². The van der Waals surface area contributed by atoms with Gasteiger partial charge in [0.25, 0.3) is 0 Å². The highest BCUT2D eigenvalue weighted by Gasteiger charge is 2.30. The van der Waals surface area contributed by atoms with Crippen molar-refractivity contribution >= 4 is 22.5 Å². The number of nitrogens with zero attached hydrogens (tertiary/aromatic N) is 2. The number of rotatable bonds is 6. The molecule has 0 aliphatic rings. The van der Waals surface area contributed by atoms with E-state index in [1.165, 1.54) is 17.6 Å². The largest absolute Gasteiger partial charge is 0.491 e. The summed E-state index contributed by atoms with van der Waals surface area (Å²) < 4.78 is 42.8. The van der Waals surface area contributed by atoms with E-state index in [0.717, 1.165) is 23.5 Å². The summed E-state index contributed by atoms with van der Waals surface area (Å²) in [5.74, 6) is -0.0258. The number of ether oxygens (including phenoxy) is 1. The van der Waals surface area contributed by atoms with Crippen LogP contribution in [0.2, 0.25) is 0 Å². The average molecular weight is 362 g/mol. The van der Waals surface area contributed by atoms with Gasteiger partial charge in [0.2, 0.25) is 5.13 Å². The van der Waals surface area contributed by atoms with Crippen molar-refractivity contribution in [3.05, 3.63) is 35.3 Å². The van der Waals surface area contributed by atoms with Crippen LogP contribution in [0.25, 0.3) is 0 Å². The summed E-state index contributed by atoms with van der Waals surface area (Å²) in [6.45, 7) is -0.427. The minimum absolute atomic E-state index is 0.0258. The number of aromatic nitrogens is 2. The van der Waals surface area contributed by atoms with Gasteiger partial charge in [0, 0.05) is 6.54 Å². The van der Waals surface area contributed by atoms with Crippen LogP contribution in [0.5, 0.6) is 5.75 Å². The molecule has 0 fully saturated rings. The van der Waals surface area contributed by atoms with E-state index in [0.29, 0.717) is 5.13 Å². The van der Waals surface area contributed by atoms with E-state index in [4.69, 9.17) is 4.74 Å². The Morgan fingerprint density at radius 1 is 1.42 bits per heavy atom. The van der Waals surface area contributed by atoms with Crippen molar-refractivity contribution in [1.82, 2.24) is 15.5 Å². The molecule has 0 saturated carbocycles. The third kappa shape index (κ3) is 5.66. The highest BCUT2D eigenvalue weighted by molar-refractivity contribution is 7.13. The number of aliphatic hydroxyl groups is 1. The minimum Gasteiger partial charge on any atom is -0.491 e. The molecule has 2 aromatic rings. The number of urea groups is 1. The zero-order chi connectivity index (χ0) is 17.6. The molecule has 0 spiro atoms. The van der Waals surface area contributed by atoms with Gasteiger partial charge < -0.3 is 15.2 Å². The summed E-state index contributed by atoms with van der Waals surface area (Å²) in [7, 11) is 0. The lowest BCUT2D eigenvalue weighted by Crippen LogP contribution is -2.37. The molecule has 0 aliphatic heterocycles. The number of hydrogen-bond donors (Lipinski definition) is 3. The van der Waals surface area contributed by atoms with Gasteiger partial charge in [-0.1, -0.05) is 17.4 Å². The Morgan fingerprint density at radius 3 is 2.88 bits per heavy atom. The summed E-state index contributed by atoms with van der Waals surface area (Å²) in [6, 6.07) is 3.71. The van der Waals surface area contributed by atoms with Gasteiger partial charge in [-0.05, 0) is 18.2 Å². The van der Waals surface area contributed by atoms with Crippen LogP contribution in [0.4, 0.5) is 23.1 Å². The van der Waals surface area contributed by atoms with Gasteiger partial charge >= 0.3 is 12.2 Å². The van der Waals surface area contributed by atoms with Crippen LogP contribution >= 0.6 is 11.3 Å². The molecule has 0 aliphatic carbocycles. The van der Waals surface area contributed by atoms with Crippen molar-refractivity contribution in [2.75, 3.05) is 18.5 Å². The minimum atomic E-state index is -4.47. The monoisotopic (exact) mass is 362 g/mol. The highest BCUT2D eigenvalue weighted by atomic mass is 32.1. The third-order valence-corrected chi connectivity index (χ3v) is 3.29. The predicted octanol–water partition coefficient (Wildman–Crippen LogP) is 2.12. The maximum absolute atomic E-state index is 12.6. The van der Waals surface area contributed by atoms with Crippen molar-refractivity contribution in [3.8, 4) is 5.75 Å². The first-order valence-corrected chi connectivity index (χ1v) is 7.51. The lowest BCUT2D eigenvalue weighted by Gasteiger charge is -2.14. The molecule has 130 valence electrons. The summed E-state index contributed by atoms with van der Waals surface area (Å²) >= 11 is 1.12. The zero-order valence-electron chi connectivity index (χ0n) is 12.1. The molecule has 1 unspecified atom stereocenters. The zero-order valence-corrected chi connectivity index (χ0v) is 12.9. The number of hydrogen-bond acceptors (Lipinski definition) is 6. The molecule has 0 saturated heterocycles. The van der Waals surface area contributed by atoms with Crippen LogP contribution < -0.4 is 15.4 Å². The lowest BCUT2D eigenvalue weighted by molar-refractivity contribution is -0.137. The van der Waals surface area contributed by atoms with Crippen LogP contribution in [-0.2, 0) is 6.18 Å². The Labute approximate surface area is 138 Å². The van der Waals surface area contributed by atoms with Crippen molar-refractivity contribution in [2.45, 2.75) is 12.3 Å². The Bertz CT molecular complexity index is 667. The van der Waals surface area contributed by atoms with Crippen LogP contribution in [0, 0.1) is 0 Å². The Morgan fingerprint density at radius 2 is 2.21 bits per heavy atom. The number of halogens is 3. The molecule has 1 aromatic carbocycles. The van der Waals surface area contributed by atoms with Crippen molar-refractivity contribution in [1.29, 1.82) is 0 Å². The van der Waals surface area contributed by atoms with Gasteiger partial charge in [-0.2, -0.15) is 13.2 Å². The molecule has 24 heavy (non-hydrogen) atoms. The SMILES string of the molecule is O=C(NCC(O)COc1cccc(C(F)(F)F)c1)Nc1nncs1. The number of benzene rings is 1. The smallest absolute Gasteiger partial charge is 0.416 e. The molecule has 11 heteroatoms. The van der Waals surface area contributed by atoms with E-state index < -0.39 is 23.9 Å². The topological polar surface area (TPSA) is 96.4 Å². The summed E-state index contributed by atoms with van der Waals surface area (Å²) in [5.41, 5.74) is 0.594. The Kier molecular flexibility index (Phi) is 5.93. The van der Waals surface area contributed by atoms with Gasteiger partial charge in [-0.15, -0.1) is 10.2 Å². The first-order chi connectivity index (χ1) is 11.3. The number of anilines is 1. The quantitative estimate of drug-likeness (QED) is 0.731. The van der Waals surface area contributed by atoms with Crippen molar-refractivity contribution < 1.29 is 27.8 Å². The van der Waals surface area contributed by atoms with E-state index in [9.17, 15) is 23.1 Å². The maximum Gasteiger partial charge on any atom is 0.416 e. The Balaban J connectivity index is 1.75. The standard InChI is InChI=1S/C13H13F3N4O3S/c14-13(15,16)8-2-1-3-10(4-8)23-6-9(21)5-17-11(22)19-12-20-18-7-24-12/h1-4,7,9,21H,5-6H2,(H2,17,19,20,22). The number of nitrogens with one attached hydrogen (secondary N) is 2. The lowest BCUT2D eigenvalue weighted by atomic mass is 10.2. The van der Waals surface area contributed by atoms with E-state index in [1.54, 1.807) is 0 Å². The first-order valence-electron chi connectivity index (χ1n) is 6.64. The molecule has 2 amide bonds. The average Bonchev–Trinajstić information content (AvgIpc) is 3.03. The van der Waals surface area contributed by atoms with Crippen molar-refractivity contribution in [3.63, 3.8) is 0 Å². The van der Waals surface area contributed by atoms with Crippen LogP contribution in [0.1, 0.15) is 5.56 Å². The second-order valence-electron chi connectivity index (χ2n) is 4.57. The van der Waals surface area contributed by atoms with Gasteiger partial charge in [0.05, 0.1) is 5.56 Å². The van der Waals surface area contributed by atoms with E-state index in [1.807, 2.05) is 0 Å². The summed E-state index contributed by atoms with van der Waals surface area (Å²) in [4.78, 5) is 11.5. The second kappa shape index (κ2) is 7.93. The molecule has 2 rings (SSSR count). The normalized spacial score (nSPS) is 12.5. The molecule has 1 aromatic heterocycles. The van der Waals surface area contributed by atoms with Gasteiger partial charge in [-0.3, -0.25) is 5.32 Å².